The van der Waals surface area contributed by atoms with E-state index < -0.39 is 0 Å². The minimum Gasteiger partial charge on any atom is -0.306 e. The summed E-state index contributed by atoms with van der Waals surface area (Å²) in [5, 5.41) is 3.08. The van der Waals surface area contributed by atoms with E-state index in [4.69, 9.17) is 11.6 Å². The number of hydrogen-bond donors (Lipinski definition) is 1. The number of allylic oxidation sites excluding steroid dienone is 1. The van der Waals surface area contributed by atoms with Crippen LogP contribution in [-0.4, -0.2) is 10.9 Å². The van der Waals surface area contributed by atoms with Gasteiger partial charge in [-0.25, -0.2) is 4.98 Å². The Labute approximate surface area is 94.2 Å². The van der Waals surface area contributed by atoms with Gasteiger partial charge in [-0.15, -0.1) is 0 Å². The molecule has 0 unspecified atom stereocenters. The first-order valence-electron chi connectivity index (χ1n) is 4.73. The molecule has 3 nitrogen and oxygen atoms in total. The zero-order chi connectivity index (χ0) is 11.3. The van der Waals surface area contributed by atoms with Gasteiger partial charge in [0.25, 0.3) is 5.91 Å². The van der Waals surface area contributed by atoms with E-state index in [1.54, 1.807) is 25.3 Å². The molecule has 1 aromatic heterocycles. The maximum absolute atomic E-state index is 11.6. The van der Waals surface area contributed by atoms with Crippen LogP contribution >= 0.6 is 11.6 Å². The fraction of sp³-hybridized carbons (Fsp3) is 0.273. The first kappa shape index (κ1) is 11.7. The number of halogens is 1. The van der Waals surface area contributed by atoms with Crippen molar-refractivity contribution in [2.45, 2.75) is 20.3 Å². The highest BCUT2D eigenvalue weighted by Crippen LogP contribution is 2.17. The van der Waals surface area contributed by atoms with Crippen LogP contribution in [0, 0.1) is 0 Å². The minimum absolute atomic E-state index is 0.169. The first-order chi connectivity index (χ1) is 7.15. The van der Waals surface area contributed by atoms with Crippen molar-refractivity contribution in [3.63, 3.8) is 0 Å². The Hall–Kier alpha value is -1.35. The molecule has 15 heavy (non-hydrogen) atoms. The molecule has 0 aliphatic rings. The second-order valence-corrected chi connectivity index (χ2v) is 3.49. The quantitative estimate of drug-likeness (QED) is 0.802. The van der Waals surface area contributed by atoms with Crippen LogP contribution in [0.25, 0.3) is 0 Å². The molecule has 1 aromatic rings. The molecule has 0 atom stereocenters. The number of carbonyl (C=O) groups is 1. The van der Waals surface area contributed by atoms with E-state index in [-0.39, 0.29) is 5.91 Å². The van der Waals surface area contributed by atoms with E-state index in [1.807, 2.05) is 13.0 Å². The Balaban J connectivity index is 2.75. The fourth-order valence-corrected chi connectivity index (χ4v) is 1.25. The van der Waals surface area contributed by atoms with E-state index in [1.165, 1.54) is 0 Å². The van der Waals surface area contributed by atoms with E-state index in [9.17, 15) is 4.79 Å². The average Bonchev–Trinajstić information content (AvgIpc) is 2.21. The molecule has 1 rings (SSSR count). The van der Waals surface area contributed by atoms with E-state index >= 15 is 0 Å². The van der Waals surface area contributed by atoms with Crippen LogP contribution in [0.15, 0.2) is 30.0 Å². The molecule has 0 saturated heterocycles. The minimum atomic E-state index is -0.169. The van der Waals surface area contributed by atoms with Gasteiger partial charge in [-0.3, -0.25) is 4.79 Å². The number of nitrogens with zero attached hydrogens (tertiary/aromatic N) is 1. The zero-order valence-electron chi connectivity index (χ0n) is 8.75. The molecule has 0 bridgehead atoms. The van der Waals surface area contributed by atoms with Crippen LogP contribution < -0.4 is 5.32 Å². The van der Waals surface area contributed by atoms with Crippen LogP contribution in [-0.2, 0) is 4.79 Å². The number of hydrogen-bond acceptors (Lipinski definition) is 2. The number of carbonyl (C=O) groups excluding carboxylic acids is 1. The molecule has 0 spiro atoms. The number of amides is 1. The van der Waals surface area contributed by atoms with Crippen LogP contribution in [0.3, 0.4) is 0 Å². The smallest absolute Gasteiger partial charge is 0.252 e. The van der Waals surface area contributed by atoms with Gasteiger partial charge in [0, 0.05) is 11.8 Å². The SMILES string of the molecule is CC/C=C(/C)C(=O)Nc1ncccc1Cl. The number of pyridine rings is 1. The standard InChI is InChI=1S/C11H13ClN2O/c1-3-5-8(2)11(15)14-10-9(12)6-4-7-13-10/h4-7H,3H2,1-2H3,(H,13,14,15)/b8-5-. The third-order valence-electron chi connectivity index (χ3n) is 1.86. The summed E-state index contributed by atoms with van der Waals surface area (Å²) in [5.74, 6) is 0.227. The maximum atomic E-state index is 11.6. The predicted octanol–water partition coefficient (Wildman–Crippen LogP) is 3.03. The molecule has 4 heteroatoms. The van der Waals surface area contributed by atoms with Gasteiger partial charge in [-0.2, -0.15) is 0 Å². The lowest BCUT2D eigenvalue weighted by molar-refractivity contribution is -0.112. The van der Waals surface area contributed by atoms with E-state index in [2.05, 4.69) is 10.3 Å². The van der Waals surface area contributed by atoms with Crippen molar-refractivity contribution >= 4 is 23.3 Å². The second-order valence-electron chi connectivity index (χ2n) is 3.08. The monoisotopic (exact) mass is 224 g/mol. The summed E-state index contributed by atoms with van der Waals surface area (Å²) in [6, 6.07) is 3.40. The van der Waals surface area contributed by atoms with Gasteiger partial charge >= 0.3 is 0 Å². The summed E-state index contributed by atoms with van der Waals surface area (Å²) in [7, 11) is 0. The number of rotatable bonds is 3. The molecule has 0 radical (unpaired) electrons. The third-order valence-corrected chi connectivity index (χ3v) is 2.16. The van der Waals surface area contributed by atoms with Crippen molar-refractivity contribution in [1.82, 2.24) is 4.98 Å². The summed E-state index contributed by atoms with van der Waals surface area (Å²) in [6.07, 6.45) is 4.27. The maximum Gasteiger partial charge on any atom is 0.252 e. The number of nitrogens with one attached hydrogen (secondary N) is 1. The average molecular weight is 225 g/mol. The van der Waals surface area contributed by atoms with Crippen LogP contribution in [0.1, 0.15) is 20.3 Å². The van der Waals surface area contributed by atoms with Crippen molar-refractivity contribution in [1.29, 1.82) is 0 Å². The van der Waals surface area contributed by atoms with Gasteiger partial charge in [0.2, 0.25) is 0 Å². The molecule has 0 aliphatic carbocycles. The van der Waals surface area contributed by atoms with Gasteiger partial charge in [0.05, 0.1) is 5.02 Å². The lowest BCUT2D eigenvalue weighted by atomic mass is 10.2. The topological polar surface area (TPSA) is 42.0 Å². The highest BCUT2D eigenvalue weighted by atomic mass is 35.5. The predicted molar refractivity (Wildman–Crippen MR) is 61.9 cm³/mol. The Morgan fingerprint density at radius 3 is 3.00 bits per heavy atom. The van der Waals surface area contributed by atoms with Crippen molar-refractivity contribution in [3.05, 3.63) is 35.0 Å². The van der Waals surface area contributed by atoms with Crippen molar-refractivity contribution < 1.29 is 4.79 Å². The molecule has 0 aromatic carbocycles. The van der Waals surface area contributed by atoms with Gasteiger partial charge in [0.1, 0.15) is 0 Å². The largest absolute Gasteiger partial charge is 0.306 e. The van der Waals surface area contributed by atoms with Crippen LogP contribution in [0.2, 0.25) is 5.02 Å². The lowest BCUT2D eigenvalue weighted by Crippen LogP contribution is -2.13. The highest BCUT2D eigenvalue weighted by Gasteiger charge is 2.07. The third kappa shape index (κ3) is 3.36. The zero-order valence-corrected chi connectivity index (χ0v) is 9.51. The molecular weight excluding hydrogens is 212 g/mol. The molecule has 80 valence electrons. The van der Waals surface area contributed by atoms with Gasteiger partial charge in [-0.05, 0) is 25.5 Å². The number of anilines is 1. The van der Waals surface area contributed by atoms with Crippen molar-refractivity contribution in [2.75, 3.05) is 5.32 Å². The Bertz CT molecular complexity index is 388. The van der Waals surface area contributed by atoms with Gasteiger partial charge in [0.15, 0.2) is 5.82 Å². The second kappa shape index (κ2) is 5.51. The summed E-state index contributed by atoms with van der Waals surface area (Å²) >= 11 is 5.85. The van der Waals surface area contributed by atoms with E-state index in [0.717, 1.165) is 6.42 Å². The normalized spacial score (nSPS) is 11.3. The molecule has 0 aliphatic heterocycles. The highest BCUT2D eigenvalue weighted by molar-refractivity contribution is 6.33. The Morgan fingerprint density at radius 1 is 1.67 bits per heavy atom. The molecular formula is C11H13ClN2O. The first-order valence-corrected chi connectivity index (χ1v) is 5.11. The summed E-state index contributed by atoms with van der Waals surface area (Å²) < 4.78 is 0. The van der Waals surface area contributed by atoms with Gasteiger partial charge in [-0.1, -0.05) is 24.6 Å². The molecule has 1 heterocycles. The van der Waals surface area contributed by atoms with Crippen molar-refractivity contribution in [2.24, 2.45) is 0 Å². The van der Waals surface area contributed by atoms with Gasteiger partial charge < -0.3 is 5.32 Å². The summed E-state index contributed by atoms with van der Waals surface area (Å²) in [4.78, 5) is 15.5. The molecule has 1 amide bonds. The molecule has 0 fully saturated rings. The molecule has 1 N–H and O–H groups in total. The van der Waals surface area contributed by atoms with Crippen molar-refractivity contribution in [3.8, 4) is 0 Å². The Morgan fingerprint density at radius 2 is 2.40 bits per heavy atom. The van der Waals surface area contributed by atoms with Crippen LogP contribution in [0.5, 0.6) is 0 Å². The summed E-state index contributed by atoms with van der Waals surface area (Å²) in [5.41, 5.74) is 0.666. The van der Waals surface area contributed by atoms with E-state index in [0.29, 0.717) is 16.4 Å². The lowest BCUT2D eigenvalue weighted by Gasteiger charge is -2.05. The Kier molecular flexibility index (Phi) is 4.31. The van der Waals surface area contributed by atoms with Crippen LogP contribution in [0.4, 0.5) is 5.82 Å². The molecule has 0 saturated carbocycles. The number of aromatic nitrogens is 1. The summed E-state index contributed by atoms with van der Waals surface area (Å²) in [6.45, 7) is 3.74. The fourth-order valence-electron chi connectivity index (χ4n) is 1.08.